The molecule has 1 aromatic rings. The van der Waals surface area contributed by atoms with Crippen LogP contribution in [0.25, 0.3) is 0 Å². The van der Waals surface area contributed by atoms with Gasteiger partial charge in [-0.2, -0.15) is 5.26 Å². The van der Waals surface area contributed by atoms with Crippen molar-refractivity contribution in [3.05, 3.63) is 28.8 Å². The van der Waals surface area contributed by atoms with Crippen LogP contribution in [-0.4, -0.2) is 18.6 Å². The van der Waals surface area contributed by atoms with Crippen LogP contribution in [0.4, 0.5) is 5.69 Å². The monoisotopic (exact) mass is 292 g/mol. The summed E-state index contributed by atoms with van der Waals surface area (Å²) in [5.41, 5.74) is 1.03. The van der Waals surface area contributed by atoms with E-state index in [0.29, 0.717) is 34.7 Å². The smallest absolute Gasteiger partial charge is 0.224 e. The highest BCUT2D eigenvalue weighted by molar-refractivity contribution is 6.33. The molecule has 4 nitrogen and oxygen atoms in total. The first-order valence-electron chi connectivity index (χ1n) is 6.73. The summed E-state index contributed by atoms with van der Waals surface area (Å²) in [4.78, 5) is 11.9. The Bertz CT molecular complexity index is 533. The van der Waals surface area contributed by atoms with E-state index in [1.807, 2.05) is 13.0 Å². The van der Waals surface area contributed by atoms with E-state index in [1.54, 1.807) is 18.2 Å². The fourth-order valence-electron chi connectivity index (χ4n) is 2.36. The van der Waals surface area contributed by atoms with Crippen molar-refractivity contribution < 1.29 is 9.53 Å². The summed E-state index contributed by atoms with van der Waals surface area (Å²) in [6.45, 7) is 2.71. The fourth-order valence-corrected chi connectivity index (χ4v) is 2.59. The number of hydrogen-bond acceptors (Lipinski definition) is 3. The van der Waals surface area contributed by atoms with E-state index >= 15 is 0 Å². The Morgan fingerprint density at radius 2 is 2.30 bits per heavy atom. The number of halogens is 1. The average Bonchev–Trinajstić information content (AvgIpc) is 2.38. The van der Waals surface area contributed by atoms with Gasteiger partial charge in [0.25, 0.3) is 0 Å². The maximum Gasteiger partial charge on any atom is 0.224 e. The minimum atomic E-state index is -0.0449. The zero-order valence-corrected chi connectivity index (χ0v) is 12.1. The minimum Gasteiger partial charge on any atom is -0.378 e. The predicted octanol–water partition coefficient (Wildman–Crippen LogP) is 3.36. The van der Waals surface area contributed by atoms with E-state index in [-0.39, 0.29) is 5.91 Å². The molecule has 0 bridgehead atoms. The fraction of sp³-hybridized carbons (Fsp3) is 0.467. The summed E-state index contributed by atoms with van der Waals surface area (Å²) in [7, 11) is 0. The lowest BCUT2D eigenvalue weighted by atomic mass is 9.80. The van der Waals surface area contributed by atoms with E-state index in [9.17, 15) is 4.79 Å². The Morgan fingerprint density at radius 1 is 1.55 bits per heavy atom. The first-order valence-corrected chi connectivity index (χ1v) is 7.11. The number of ether oxygens (including phenoxy) is 1. The second kappa shape index (κ2) is 6.74. The molecular formula is C15H17ClN2O2. The van der Waals surface area contributed by atoms with E-state index in [1.165, 1.54) is 0 Å². The highest BCUT2D eigenvalue weighted by Crippen LogP contribution is 2.33. The summed E-state index contributed by atoms with van der Waals surface area (Å²) in [6, 6.07) is 6.84. The molecule has 1 fully saturated rings. The van der Waals surface area contributed by atoms with Gasteiger partial charge < -0.3 is 10.1 Å². The molecule has 1 aliphatic rings. The van der Waals surface area contributed by atoms with Gasteiger partial charge in [-0.3, -0.25) is 4.79 Å². The van der Waals surface area contributed by atoms with E-state index in [2.05, 4.69) is 5.32 Å². The van der Waals surface area contributed by atoms with Gasteiger partial charge in [-0.25, -0.2) is 0 Å². The van der Waals surface area contributed by atoms with Gasteiger partial charge in [0.05, 0.1) is 28.4 Å². The van der Waals surface area contributed by atoms with Crippen molar-refractivity contribution in [2.75, 3.05) is 11.9 Å². The van der Waals surface area contributed by atoms with Gasteiger partial charge in [0.2, 0.25) is 5.91 Å². The van der Waals surface area contributed by atoms with E-state index < -0.39 is 0 Å². The number of nitrogens with zero attached hydrogens (tertiary/aromatic N) is 1. The summed E-state index contributed by atoms with van der Waals surface area (Å²) in [6.07, 6.45) is 2.70. The lowest BCUT2D eigenvalue weighted by Crippen LogP contribution is -2.33. The number of amides is 1. The topological polar surface area (TPSA) is 62.1 Å². The minimum absolute atomic E-state index is 0.0449. The highest BCUT2D eigenvalue weighted by atomic mass is 35.5. The van der Waals surface area contributed by atoms with Crippen LogP contribution in [0, 0.1) is 17.2 Å². The number of hydrogen-bond donors (Lipinski definition) is 1. The van der Waals surface area contributed by atoms with Crippen molar-refractivity contribution in [1.29, 1.82) is 5.26 Å². The molecule has 1 aromatic carbocycles. The second-order valence-electron chi connectivity index (χ2n) is 4.97. The zero-order chi connectivity index (χ0) is 14.5. The van der Waals surface area contributed by atoms with Crippen molar-refractivity contribution in [3.8, 4) is 6.07 Å². The van der Waals surface area contributed by atoms with Gasteiger partial charge in [0.1, 0.15) is 0 Å². The van der Waals surface area contributed by atoms with Crippen molar-refractivity contribution in [2.45, 2.75) is 32.3 Å². The van der Waals surface area contributed by atoms with Crippen LogP contribution in [0.5, 0.6) is 0 Å². The van der Waals surface area contributed by atoms with Crippen LogP contribution in [0.15, 0.2) is 18.2 Å². The first kappa shape index (κ1) is 14.8. The quantitative estimate of drug-likeness (QED) is 0.905. The molecule has 2 rings (SSSR count). The Balaban J connectivity index is 1.82. The molecule has 106 valence electrons. The molecule has 20 heavy (non-hydrogen) atoms. The lowest BCUT2D eigenvalue weighted by Gasteiger charge is -2.34. The van der Waals surface area contributed by atoms with Crippen LogP contribution < -0.4 is 5.32 Å². The Labute approximate surface area is 123 Å². The molecule has 1 amide bonds. The van der Waals surface area contributed by atoms with Gasteiger partial charge in [0, 0.05) is 13.0 Å². The van der Waals surface area contributed by atoms with E-state index in [4.69, 9.17) is 21.6 Å². The third-order valence-corrected chi connectivity index (χ3v) is 3.75. The summed E-state index contributed by atoms with van der Waals surface area (Å²) in [5, 5.41) is 11.9. The number of carbonyl (C=O) groups excluding carboxylic acids is 1. The van der Waals surface area contributed by atoms with Crippen LogP contribution in [0.1, 0.15) is 31.7 Å². The largest absolute Gasteiger partial charge is 0.378 e. The number of carbonyl (C=O) groups is 1. The molecule has 1 saturated carbocycles. The highest BCUT2D eigenvalue weighted by Gasteiger charge is 2.31. The van der Waals surface area contributed by atoms with Gasteiger partial charge in [-0.1, -0.05) is 11.6 Å². The summed E-state index contributed by atoms with van der Waals surface area (Å²) in [5.74, 6) is 0.347. The molecule has 0 heterocycles. The molecule has 0 aromatic heterocycles. The Hall–Kier alpha value is -1.57. The van der Waals surface area contributed by atoms with Crippen molar-refractivity contribution in [1.82, 2.24) is 0 Å². The first-order chi connectivity index (χ1) is 9.62. The maximum absolute atomic E-state index is 11.9. The SMILES string of the molecule is CCOC1CC(CC(=O)Nc2ccc(C#N)cc2Cl)C1. The molecular weight excluding hydrogens is 276 g/mol. The maximum atomic E-state index is 11.9. The number of anilines is 1. The Kier molecular flexibility index (Phi) is 4.99. The molecule has 0 atom stereocenters. The molecule has 0 saturated heterocycles. The van der Waals surface area contributed by atoms with Crippen LogP contribution >= 0.6 is 11.6 Å². The van der Waals surface area contributed by atoms with Gasteiger partial charge in [0.15, 0.2) is 0 Å². The van der Waals surface area contributed by atoms with Crippen LogP contribution in [0.2, 0.25) is 5.02 Å². The van der Waals surface area contributed by atoms with Crippen LogP contribution in [-0.2, 0) is 9.53 Å². The van der Waals surface area contributed by atoms with Crippen molar-refractivity contribution >= 4 is 23.2 Å². The Morgan fingerprint density at radius 3 is 2.90 bits per heavy atom. The molecule has 0 aliphatic heterocycles. The number of benzene rings is 1. The van der Waals surface area contributed by atoms with Crippen molar-refractivity contribution in [3.63, 3.8) is 0 Å². The normalized spacial score (nSPS) is 20.9. The molecule has 0 radical (unpaired) electrons. The molecule has 0 spiro atoms. The van der Waals surface area contributed by atoms with Gasteiger partial charge >= 0.3 is 0 Å². The molecule has 1 N–H and O–H groups in total. The second-order valence-corrected chi connectivity index (χ2v) is 5.38. The summed E-state index contributed by atoms with van der Waals surface area (Å²) < 4.78 is 5.47. The predicted molar refractivity (Wildman–Crippen MR) is 77.6 cm³/mol. The number of nitrogens with one attached hydrogen (secondary N) is 1. The number of nitriles is 1. The van der Waals surface area contributed by atoms with Crippen LogP contribution in [0.3, 0.4) is 0 Å². The third-order valence-electron chi connectivity index (χ3n) is 3.44. The molecule has 0 unspecified atom stereocenters. The zero-order valence-electron chi connectivity index (χ0n) is 11.4. The average molecular weight is 293 g/mol. The van der Waals surface area contributed by atoms with Gasteiger partial charge in [-0.15, -0.1) is 0 Å². The van der Waals surface area contributed by atoms with E-state index in [0.717, 1.165) is 19.4 Å². The third kappa shape index (κ3) is 3.72. The summed E-state index contributed by atoms with van der Waals surface area (Å²) >= 11 is 6.02. The number of rotatable bonds is 5. The molecule has 5 heteroatoms. The van der Waals surface area contributed by atoms with Crippen molar-refractivity contribution in [2.24, 2.45) is 5.92 Å². The lowest BCUT2D eigenvalue weighted by molar-refractivity contribution is -0.119. The standard InChI is InChI=1S/C15H17ClN2O2/c1-2-20-12-5-11(6-12)8-15(19)18-14-4-3-10(9-17)7-13(14)16/h3-4,7,11-12H,2,5-6,8H2,1H3,(H,18,19). The van der Waals surface area contributed by atoms with Gasteiger partial charge in [-0.05, 0) is 43.9 Å². The molecule has 1 aliphatic carbocycles.